The highest BCUT2D eigenvalue weighted by Crippen LogP contribution is 2.37. The molecule has 0 N–H and O–H groups in total. The fourth-order valence-electron chi connectivity index (χ4n) is 4.02. The van der Waals surface area contributed by atoms with E-state index in [1.165, 1.54) is 0 Å². The van der Waals surface area contributed by atoms with Crippen molar-refractivity contribution in [1.82, 2.24) is 20.3 Å². The van der Waals surface area contributed by atoms with E-state index < -0.39 is 0 Å². The van der Waals surface area contributed by atoms with Gasteiger partial charge in [-0.05, 0) is 60.5 Å². The van der Waals surface area contributed by atoms with Crippen molar-refractivity contribution >= 4 is 17.7 Å². The number of benzene rings is 3. The van der Waals surface area contributed by atoms with Crippen LogP contribution in [0.15, 0.2) is 69.7 Å². The SMILES string of the molecule is CCc1cccc(N(c2nc(-c3ccc(OC)c(OC)c3)no2)c2nc(-c3ccc(OC)c(OC)c3)no2)c1. The summed E-state index contributed by atoms with van der Waals surface area (Å²) in [6, 6.07) is 18.9. The Bertz CT molecular complexity index is 1490. The zero-order chi connectivity index (χ0) is 27.4. The van der Waals surface area contributed by atoms with E-state index in [1.807, 2.05) is 36.4 Å². The van der Waals surface area contributed by atoms with Crippen LogP contribution in [-0.2, 0) is 6.42 Å². The lowest BCUT2D eigenvalue weighted by atomic mass is 10.1. The first-order valence-electron chi connectivity index (χ1n) is 12.1. The Morgan fingerprint density at radius 2 is 1.15 bits per heavy atom. The number of nitrogens with zero attached hydrogens (tertiary/aromatic N) is 5. The van der Waals surface area contributed by atoms with Crippen LogP contribution in [0.3, 0.4) is 0 Å². The Hall–Kier alpha value is -5.06. The minimum Gasteiger partial charge on any atom is -0.493 e. The molecule has 0 unspecified atom stereocenters. The lowest BCUT2D eigenvalue weighted by Gasteiger charge is -2.15. The van der Waals surface area contributed by atoms with Crippen molar-refractivity contribution in [2.45, 2.75) is 13.3 Å². The Morgan fingerprint density at radius 1 is 0.641 bits per heavy atom. The van der Waals surface area contributed by atoms with Gasteiger partial charge in [-0.15, -0.1) is 0 Å². The zero-order valence-corrected chi connectivity index (χ0v) is 22.2. The maximum atomic E-state index is 5.70. The molecule has 0 saturated carbocycles. The van der Waals surface area contributed by atoms with Gasteiger partial charge in [0.05, 0.1) is 34.1 Å². The molecule has 0 radical (unpaired) electrons. The minimum absolute atomic E-state index is 0.149. The molecule has 39 heavy (non-hydrogen) atoms. The molecule has 0 fully saturated rings. The summed E-state index contributed by atoms with van der Waals surface area (Å²) in [7, 11) is 6.29. The van der Waals surface area contributed by atoms with Gasteiger partial charge in [-0.1, -0.05) is 29.4 Å². The molecule has 0 saturated heterocycles. The van der Waals surface area contributed by atoms with Crippen molar-refractivity contribution < 1.29 is 28.0 Å². The van der Waals surface area contributed by atoms with Gasteiger partial charge in [-0.25, -0.2) is 4.90 Å². The molecule has 5 aromatic rings. The van der Waals surface area contributed by atoms with E-state index in [-0.39, 0.29) is 12.0 Å². The molecule has 0 spiro atoms. The first kappa shape index (κ1) is 25.6. The van der Waals surface area contributed by atoms with Gasteiger partial charge in [0.15, 0.2) is 23.0 Å². The Labute approximate surface area is 224 Å². The molecule has 0 bridgehead atoms. The molecule has 0 amide bonds. The third-order valence-electron chi connectivity index (χ3n) is 6.07. The second-order valence-electron chi connectivity index (χ2n) is 8.30. The van der Waals surface area contributed by atoms with Gasteiger partial charge in [0, 0.05) is 11.1 Å². The molecule has 0 atom stereocenters. The molecule has 5 rings (SSSR count). The van der Waals surface area contributed by atoms with E-state index in [1.54, 1.807) is 57.6 Å². The first-order chi connectivity index (χ1) is 19.1. The summed E-state index contributed by atoms with van der Waals surface area (Å²) >= 11 is 0. The van der Waals surface area contributed by atoms with Crippen molar-refractivity contribution in [1.29, 1.82) is 0 Å². The number of ether oxygens (including phenoxy) is 4. The summed E-state index contributed by atoms with van der Waals surface area (Å²) in [5, 5.41) is 8.39. The molecule has 0 aliphatic carbocycles. The van der Waals surface area contributed by atoms with Crippen LogP contribution < -0.4 is 23.8 Å². The monoisotopic (exact) mass is 529 g/mol. The molecule has 11 heteroatoms. The average Bonchev–Trinajstić information content (AvgIpc) is 3.68. The number of methoxy groups -OCH3 is 4. The van der Waals surface area contributed by atoms with Crippen LogP contribution in [0.2, 0.25) is 0 Å². The van der Waals surface area contributed by atoms with Crippen LogP contribution in [0.1, 0.15) is 12.5 Å². The molecule has 3 aromatic carbocycles. The van der Waals surface area contributed by atoms with Gasteiger partial charge < -0.3 is 28.0 Å². The Balaban J connectivity index is 1.56. The van der Waals surface area contributed by atoms with E-state index in [9.17, 15) is 0 Å². The highest BCUT2D eigenvalue weighted by Gasteiger charge is 2.26. The van der Waals surface area contributed by atoms with Gasteiger partial charge >= 0.3 is 12.0 Å². The van der Waals surface area contributed by atoms with E-state index >= 15 is 0 Å². The summed E-state index contributed by atoms with van der Waals surface area (Å²) in [5.41, 5.74) is 3.19. The Morgan fingerprint density at radius 3 is 1.62 bits per heavy atom. The van der Waals surface area contributed by atoms with Crippen LogP contribution in [0.5, 0.6) is 23.0 Å². The zero-order valence-electron chi connectivity index (χ0n) is 22.2. The van der Waals surface area contributed by atoms with E-state index in [4.69, 9.17) is 28.0 Å². The smallest absolute Gasteiger partial charge is 0.337 e. The summed E-state index contributed by atoms with van der Waals surface area (Å²) in [6.45, 7) is 2.08. The average molecular weight is 530 g/mol. The maximum Gasteiger partial charge on any atom is 0.337 e. The third-order valence-corrected chi connectivity index (χ3v) is 6.07. The van der Waals surface area contributed by atoms with Gasteiger partial charge in [0.2, 0.25) is 11.6 Å². The maximum absolute atomic E-state index is 5.70. The molecule has 2 heterocycles. The van der Waals surface area contributed by atoms with Crippen molar-refractivity contribution in [3.8, 4) is 45.8 Å². The van der Waals surface area contributed by atoms with E-state index in [0.717, 1.165) is 17.7 Å². The minimum atomic E-state index is 0.149. The van der Waals surface area contributed by atoms with Gasteiger partial charge in [0.25, 0.3) is 0 Å². The van der Waals surface area contributed by atoms with Crippen LogP contribution in [0.4, 0.5) is 17.7 Å². The van der Waals surface area contributed by atoms with Crippen LogP contribution in [0, 0.1) is 0 Å². The summed E-state index contributed by atoms with van der Waals surface area (Å²) in [4.78, 5) is 10.9. The standard InChI is InChI=1S/C28H27N5O6/c1-6-17-8-7-9-20(14-17)33(27-29-25(31-38-27)18-10-12-21(34-2)23(15-18)36-4)28-30-26(32-39-28)19-11-13-22(35-3)24(16-19)37-5/h7-16H,6H2,1-5H3. The quantitative estimate of drug-likeness (QED) is 0.217. The van der Waals surface area contributed by atoms with Crippen molar-refractivity contribution in [3.05, 3.63) is 66.2 Å². The molecular formula is C28H27N5O6. The molecule has 11 nitrogen and oxygen atoms in total. The van der Waals surface area contributed by atoms with Crippen LogP contribution >= 0.6 is 0 Å². The molecular weight excluding hydrogens is 502 g/mol. The summed E-state index contributed by atoms with van der Waals surface area (Å²) < 4.78 is 32.9. The van der Waals surface area contributed by atoms with Gasteiger partial charge in [-0.3, -0.25) is 0 Å². The lowest BCUT2D eigenvalue weighted by molar-refractivity contribution is 0.355. The first-order valence-corrected chi connectivity index (χ1v) is 12.1. The third kappa shape index (κ3) is 5.06. The highest BCUT2D eigenvalue weighted by molar-refractivity contribution is 5.70. The fraction of sp³-hybridized carbons (Fsp3) is 0.214. The van der Waals surface area contributed by atoms with Crippen molar-refractivity contribution in [2.75, 3.05) is 33.3 Å². The number of aromatic nitrogens is 4. The lowest BCUT2D eigenvalue weighted by Crippen LogP contribution is -2.11. The number of hydrogen-bond donors (Lipinski definition) is 0. The number of rotatable bonds is 10. The van der Waals surface area contributed by atoms with Crippen molar-refractivity contribution in [2.24, 2.45) is 0 Å². The predicted octanol–water partition coefficient (Wildman–Crippen LogP) is 5.85. The largest absolute Gasteiger partial charge is 0.493 e. The fourth-order valence-corrected chi connectivity index (χ4v) is 4.02. The van der Waals surface area contributed by atoms with Crippen LogP contribution in [-0.4, -0.2) is 48.7 Å². The molecule has 2 aromatic heterocycles. The number of aryl methyl sites for hydroxylation is 1. The molecule has 0 aliphatic heterocycles. The normalized spacial score (nSPS) is 10.8. The van der Waals surface area contributed by atoms with E-state index in [0.29, 0.717) is 45.8 Å². The van der Waals surface area contributed by atoms with Crippen LogP contribution in [0.25, 0.3) is 22.8 Å². The van der Waals surface area contributed by atoms with Crippen molar-refractivity contribution in [3.63, 3.8) is 0 Å². The summed E-state index contributed by atoms with van der Waals surface area (Å²) in [5.74, 6) is 2.98. The second kappa shape index (κ2) is 11.1. The van der Waals surface area contributed by atoms with E-state index in [2.05, 4.69) is 27.2 Å². The van der Waals surface area contributed by atoms with Gasteiger partial charge in [-0.2, -0.15) is 9.97 Å². The Kier molecular flexibility index (Phi) is 7.30. The summed E-state index contributed by atoms with van der Waals surface area (Å²) in [6.07, 6.45) is 0.836. The predicted molar refractivity (Wildman–Crippen MR) is 143 cm³/mol. The number of anilines is 3. The second-order valence-corrected chi connectivity index (χ2v) is 8.30. The molecule has 200 valence electrons. The van der Waals surface area contributed by atoms with Gasteiger partial charge in [0.1, 0.15) is 0 Å². The molecule has 0 aliphatic rings. The topological polar surface area (TPSA) is 118 Å². The highest BCUT2D eigenvalue weighted by atomic mass is 16.5. The number of hydrogen-bond acceptors (Lipinski definition) is 11.